The van der Waals surface area contributed by atoms with Crippen LogP contribution in [0.4, 0.5) is 0 Å². The fraction of sp³-hybridized carbons (Fsp3) is 0.190. The minimum Gasteiger partial charge on any atom is -0.493 e. The van der Waals surface area contributed by atoms with Crippen LogP contribution in [-0.4, -0.2) is 17.8 Å². The maximum Gasteiger partial charge on any atom is 0.223 e. The molecule has 6 heteroatoms. The summed E-state index contributed by atoms with van der Waals surface area (Å²) in [4.78, 5) is 1.12. The molecule has 2 aliphatic heterocycles. The standard InChI is InChI=1S/C21H17ClN2O2S/c1-25-18-5-2-4-15-17-12-16(13-7-9-14(22)10-8-13)23-24(17)21(26-20(15)18)19-6-3-11-27-19/h2-11,17,21H,12H2,1H3/t17-,21-/m1/s1. The van der Waals surface area contributed by atoms with Gasteiger partial charge in [-0.1, -0.05) is 41.9 Å². The molecule has 0 saturated heterocycles. The first kappa shape index (κ1) is 16.7. The lowest BCUT2D eigenvalue weighted by molar-refractivity contribution is -0.0184. The van der Waals surface area contributed by atoms with Gasteiger partial charge < -0.3 is 9.47 Å². The Balaban J connectivity index is 1.61. The number of halogens is 1. The molecule has 2 atom stereocenters. The van der Waals surface area contributed by atoms with Gasteiger partial charge in [0, 0.05) is 17.0 Å². The predicted octanol–water partition coefficient (Wildman–Crippen LogP) is 5.65. The van der Waals surface area contributed by atoms with Crippen molar-refractivity contribution < 1.29 is 9.47 Å². The van der Waals surface area contributed by atoms with Gasteiger partial charge in [0.25, 0.3) is 0 Å². The minimum absolute atomic E-state index is 0.113. The lowest BCUT2D eigenvalue weighted by Gasteiger charge is -2.38. The zero-order valence-electron chi connectivity index (χ0n) is 14.6. The third-order valence-corrected chi connectivity index (χ3v) is 6.12. The number of ether oxygens (including phenoxy) is 2. The van der Waals surface area contributed by atoms with Crippen molar-refractivity contribution in [3.05, 3.63) is 81.0 Å². The summed E-state index contributed by atoms with van der Waals surface area (Å²) in [6, 6.07) is 18.1. The van der Waals surface area contributed by atoms with Crippen LogP contribution in [0.1, 0.15) is 34.7 Å². The molecule has 0 amide bonds. The van der Waals surface area contributed by atoms with E-state index in [-0.39, 0.29) is 12.3 Å². The van der Waals surface area contributed by atoms with Crippen LogP contribution in [0, 0.1) is 0 Å². The molecule has 0 spiro atoms. The Morgan fingerprint density at radius 1 is 1.15 bits per heavy atom. The van der Waals surface area contributed by atoms with Gasteiger partial charge in [0.05, 0.1) is 23.7 Å². The van der Waals surface area contributed by atoms with E-state index in [2.05, 4.69) is 22.5 Å². The number of rotatable bonds is 3. The van der Waals surface area contributed by atoms with Crippen LogP contribution in [0.2, 0.25) is 5.02 Å². The van der Waals surface area contributed by atoms with Crippen molar-refractivity contribution in [1.82, 2.24) is 5.01 Å². The molecule has 1 aromatic heterocycles. The number of nitrogens with zero attached hydrogens (tertiary/aromatic N) is 2. The van der Waals surface area contributed by atoms with Gasteiger partial charge in [0.2, 0.25) is 6.23 Å². The van der Waals surface area contributed by atoms with Gasteiger partial charge in [-0.25, -0.2) is 5.01 Å². The number of hydrazone groups is 1. The molecule has 27 heavy (non-hydrogen) atoms. The van der Waals surface area contributed by atoms with E-state index in [0.717, 1.165) is 44.7 Å². The maximum atomic E-state index is 6.40. The average Bonchev–Trinajstić information content (AvgIpc) is 3.37. The van der Waals surface area contributed by atoms with Crippen molar-refractivity contribution >= 4 is 28.6 Å². The summed E-state index contributed by atoms with van der Waals surface area (Å²) in [5.74, 6) is 1.57. The number of methoxy groups -OCH3 is 1. The Morgan fingerprint density at radius 3 is 2.74 bits per heavy atom. The second kappa shape index (κ2) is 6.59. The number of thiophene rings is 1. The first-order chi connectivity index (χ1) is 13.2. The molecule has 0 aliphatic carbocycles. The summed E-state index contributed by atoms with van der Waals surface area (Å²) in [6.45, 7) is 0. The second-order valence-electron chi connectivity index (χ2n) is 6.52. The summed E-state index contributed by atoms with van der Waals surface area (Å²) < 4.78 is 12.0. The quantitative estimate of drug-likeness (QED) is 0.573. The monoisotopic (exact) mass is 396 g/mol. The Bertz CT molecular complexity index is 1000. The number of benzene rings is 2. The zero-order valence-corrected chi connectivity index (χ0v) is 16.2. The van der Waals surface area contributed by atoms with E-state index in [1.54, 1.807) is 18.4 Å². The fourth-order valence-corrected chi connectivity index (χ4v) is 4.55. The molecule has 0 bridgehead atoms. The van der Waals surface area contributed by atoms with Gasteiger partial charge >= 0.3 is 0 Å². The molecule has 5 rings (SSSR count). The Morgan fingerprint density at radius 2 is 2.00 bits per heavy atom. The Labute approximate surface area is 166 Å². The molecule has 4 nitrogen and oxygen atoms in total. The van der Waals surface area contributed by atoms with E-state index in [4.69, 9.17) is 26.2 Å². The van der Waals surface area contributed by atoms with E-state index in [0.29, 0.717) is 0 Å². The van der Waals surface area contributed by atoms with Gasteiger partial charge in [0.1, 0.15) is 0 Å². The van der Waals surface area contributed by atoms with Crippen molar-refractivity contribution in [2.45, 2.75) is 18.7 Å². The number of fused-ring (bicyclic) bond motifs is 3. The highest BCUT2D eigenvalue weighted by Gasteiger charge is 2.42. The number of hydrogen-bond donors (Lipinski definition) is 0. The predicted molar refractivity (Wildman–Crippen MR) is 108 cm³/mol. The third-order valence-electron chi connectivity index (χ3n) is 4.96. The van der Waals surface area contributed by atoms with Crippen molar-refractivity contribution in [1.29, 1.82) is 0 Å². The number of para-hydroxylation sites is 1. The van der Waals surface area contributed by atoms with Crippen molar-refractivity contribution in [3.63, 3.8) is 0 Å². The smallest absolute Gasteiger partial charge is 0.223 e. The van der Waals surface area contributed by atoms with Crippen molar-refractivity contribution in [2.75, 3.05) is 7.11 Å². The van der Waals surface area contributed by atoms with Crippen LogP contribution < -0.4 is 9.47 Å². The second-order valence-corrected chi connectivity index (χ2v) is 7.93. The van der Waals surface area contributed by atoms with E-state index < -0.39 is 0 Å². The zero-order chi connectivity index (χ0) is 18.4. The fourth-order valence-electron chi connectivity index (χ4n) is 3.68. The number of hydrogen-bond acceptors (Lipinski definition) is 5. The van der Waals surface area contributed by atoms with Crippen molar-refractivity contribution in [2.24, 2.45) is 5.10 Å². The molecule has 3 aromatic rings. The molecule has 0 radical (unpaired) electrons. The van der Waals surface area contributed by atoms with Crippen LogP contribution in [0.5, 0.6) is 11.5 Å². The van der Waals surface area contributed by atoms with Gasteiger partial charge in [0.15, 0.2) is 11.5 Å². The normalized spacial score (nSPS) is 20.5. The molecular weight excluding hydrogens is 380 g/mol. The summed E-state index contributed by atoms with van der Waals surface area (Å²) in [5, 5.41) is 9.82. The van der Waals surface area contributed by atoms with Crippen LogP contribution in [0.25, 0.3) is 0 Å². The molecule has 0 N–H and O–H groups in total. The average molecular weight is 397 g/mol. The van der Waals surface area contributed by atoms with Crippen molar-refractivity contribution in [3.8, 4) is 11.5 Å². The highest BCUT2D eigenvalue weighted by atomic mass is 35.5. The van der Waals surface area contributed by atoms with E-state index >= 15 is 0 Å². The van der Waals surface area contributed by atoms with E-state index in [1.165, 1.54) is 0 Å². The van der Waals surface area contributed by atoms with Crippen LogP contribution >= 0.6 is 22.9 Å². The van der Waals surface area contributed by atoms with Gasteiger partial charge in [-0.2, -0.15) is 5.10 Å². The van der Waals surface area contributed by atoms with Gasteiger partial charge in [-0.3, -0.25) is 0 Å². The molecule has 0 saturated carbocycles. The summed E-state index contributed by atoms with van der Waals surface area (Å²) in [7, 11) is 1.68. The summed E-state index contributed by atoms with van der Waals surface area (Å²) >= 11 is 7.72. The minimum atomic E-state index is -0.261. The molecular formula is C21H17ClN2O2S. The largest absolute Gasteiger partial charge is 0.493 e. The van der Waals surface area contributed by atoms with Gasteiger partial charge in [-0.05, 0) is 35.2 Å². The summed E-state index contributed by atoms with van der Waals surface area (Å²) in [6.07, 6.45) is 0.552. The van der Waals surface area contributed by atoms with Crippen LogP contribution in [0.15, 0.2) is 65.1 Å². The lowest BCUT2D eigenvalue weighted by atomic mass is 9.96. The van der Waals surface area contributed by atoms with E-state index in [9.17, 15) is 0 Å². The van der Waals surface area contributed by atoms with E-state index in [1.807, 2.05) is 42.5 Å². The van der Waals surface area contributed by atoms with Crippen LogP contribution in [0.3, 0.4) is 0 Å². The Kier molecular flexibility index (Phi) is 4.06. The first-order valence-electron chi connectivity index (χ1n) is 8.73. The third kappa shape index (κ3) is 2.78. The molecule has 0 unspecified atom stereocenters. The molecule has 2 aliphatic rings. The SMILES string of the molecule is COc1cccc2c1O[C@H](c1cccs1)N1N=C(c3ccc(Cl)cc3)C[C@H]21. The molecule has 2 aromatic carbocycles. The van der Waals surface area contributed by atoms with Crippen LogP contribution in [-0.2, 0) is 0 Å². The summed E-state index contributed by atoms with van der Waals surface area (Å²) in [5.41, 5.74) is 3.23. The van der Waals surface area contributed by atoms with Gasteiger partial charge in [-0.15, -0.1) is 11.3 Å². The highest BCUT2D eigenvalue weighted by molar-refractivity contribution is 7.10. The molecule has 3 heterocycles. The molecule has 0 fully saturated rings. The Hall–Kier alpha value is -2.50. The molecule has 136 valence electrons. The first-order valence-corrected chi connectivity index (χ1v) is 9.99. The highest BCUT2D eigenvalue weighted by Crippen LogP contribution is 2.51. The maximum absolute atomic E-state index is 6.40. The topological polar surface area (TPSA) is 34.1 Å². The lowest BCUT2D eigenvalue weighted by Crippen LogP contribution is -2.33.